The maximum absolute atomic E-state index is 2.49. The minimum Gasteiger partial charge on any atom is -0.0810 e. The third-order valence-corrected chi connectivity index (χ3v) is 3.40. The zero-order valence-electron chi connectivity index (χ0n) is 8.68. The molecule has 0 heterocycles. The highest BCUT2D eigenvalue weighted by Crippen LogP contribution is 2.34. The van der Waals surface area contributed by atoms with Gasteiger partial charge in [0.1, 0.15) is 0 Å². The Morgan fingerprint density at radius 2 is 1.92 bits per heavy atom. The summed E-state index contributed by atoms with van der Waals surface area (Å²) < 4.78 is 0. The lowest BCUT2D eigenvalue weighted by Gasteiger charge is -2.25. The molecule has 0 aliphatic heterocycles. The molecule has 13 heavy (non-hydrogen) atoms. The van der Waals surface area contributed by atoms with Gasteiger partial charge in [0.25, 0.3) is 0 Å². The lowest BCUT2D eigenvalue weighted by Crippen LogP contribution is -2.08. The van der Waals surface area contributed by atoms with Crippen LogP contribution >= 0.6 is 0 Å². The molecule has 2 aliphatic carbocycles. The van der Waals surface area contributed by atoms with E-state index in [1.807, 2.05) is 0 Å². The van der Waals surface area contributed by atoms with Crippen LogP contribution in [0.1, 0.15) is 51.9 Å². The zero-order valence-corrected chi connectivity index (χ0v) is 8.68. The molecule has 2 rings (SSSR count). The molecule has 0 saturated carbocycles. The Morgan fingerprint density at radius 3 is 2.62 bits per heavy atom. The van der Waals surface area contributed by atoms with Gasteiger partial charge in [-0.3, -0.25) is 0 Å². The van der Waals surface area contributed by atoms with E-state index in [0.29, 0.717) is 0 Å². The van der Waals surface area contributed by atoms with E-state index in [1.165, 1.54) is 44.9 Å². The van der Waals surface area contributed by atoms with Crippen LogP contribution in [0.4, 0.5) is 0 Å². The second-order valence-corrected chi connectivity index (χ2v) is 4.47. The number of rotatable bonds is 1. The van der Waals surface area contributed by atoms with Gasteiger partial charge in [0, 0.05) is 0 Å². The molecule has 0 bridgehead atoms. The van der Waals surface area contributed by atoms with E-state index < -0.39 is 0 Å². The van der Waals surface area contributed by atoms with Crippen molar-refractivity contribution < 1.29 is 0 Å². The quantitative estimate of drug-likeness (QED) is 0.560. The summed E-state index contributed by atoms with van der Waals surface area (Å²) in [6, 6.07) is 0. The van der Waals surface area contributed by atoms with Gasteiger partial charge in [-0.15, -0.1) is 0 Å². The van der Waals surface area contributed by atoms with E-state index >= 15 is 0 Å². The summed E-state index contributed by atoms with van der Waals surface area (Å²) in [6.07, 6.45) is 14.6. The molecule has 0 heteroatoms. The van der Waals surface area contributed by atoms with E-state index in [1.54, 1.807) is 11.1 Å². The Morgan fingerprint density at radius 1 is 1.08 bits per heavy atom. The van der Waals surface area contributed by atoms with Gasteiger partial charge < -0.3 is 0 Å². The molecule has 1 unspecified atom stereocenters. The van der Waals surface area contributed by atoms with Crippen molar-refractivity contribution >= 4 is 0 Å². The zero-order chi connectivity index (χ0) is 9.10. The van der Waals surface area contributed by atoms with Crippen molar-refractivity contribution in [2.45, 2.75) is 51.9 Å². The average molecular weight is 176 g/mol. The second kappa shape index (κ2) is 4.13. The van der Waals surface area contributed by atoms with Gasteiger partial charge in [0.15, 0.2) is 0 Å². The lowest BCUT2D eigenvalue weighted by molar-refractivity contribution is 0.546. The Labute approximate surface area is 81.7 Å². The van der Waals surface area contributed by atoms with Crippen LogP contribution in [-0.2, 0) is 0 Å². The van der Waals surface area contributed by atoms with E-state index in [4.69, 9.17) is 0 Å². The predicted octanol–water partition coefficient (Wildman–Crippen LogP) is 4.23. The van der Waals surface area contributed by atoms with Crippen molar-refractivity contribution in [3.8, 4) is 0 Å². The molecule has 0 aromatic carbocycles. The van der Waals surface area contributed by atoms with Gasteiger partial charge in [-0.2, -0.15) is 0 Å². The van der Waals surface area contributed by atoms with Gasteiger partial charge >= 0.3 is 0 Å². The first kappa shape index (κ1) is 9.05. The molecule has 72 valence electrons. The lowest BCUT2D eigenvalue weighted by atomic mass is 9.81. The highest BCUT2D eigenvalue weighted by molar-refractivity contribution is 5.34. The maximum Gasteiger partial charge on any atom is -0.0191 e. The van der Waals surface area contributed by atoms with Crippen molar-refractivity contribution in [3.05, 3.63) is 23.3 Å². The fourth-order valence-corrected chi connectivity index (χ4v) is 2.59. The summed E-state index contributed by atoms with van der Waals surface area (Å²) in [6.45, 7) is 2.39. The first-order valence-corrected chi connectivity index (χ1v) is 5.77. The highest BCUT2D eigenvalue weighted by atomic mass is 14.2. The largest absolute Gasteiger partial charge is 0.0810 e. The minimum atomic E-state index is 0.832. The molecule has 0 spiro atoms. The second-order valence-electron chi connectivity index (χ2n) is 4.47. The first-order chi connectivity index (χ1) is 6.38. The summed E-state index contributed by atoms with van der Waals surface area (Å²) >= 11 is 0. The number of allylic oxidation sites excluding steroid dienone is 4. The van der Waals surface area contributed by atoms with E-state index in [2.05, 4.69) is 19.1 Å². The Bertz CT molecular complexity index is 232. The van der Waals surface area contributed by atoms with Gasteiger partial charge in [0.05, 0.1) is 0 Å². The minimum absolute atomic E-state index is 0.832. The SMILES string of the molecule is CC1CCCC=C1C1=CCCCC1. The summed E-state index contributed by atoms with van der Waals surface area (Å²) in [4.78, 5) is 0. The number of hydrogen-bond donors (Lipinski definition) is 0. The summed E-state index contributed by atoms with van der Waals surface area (Å²) in [5.41, 5.74) is 3.37. The van der Waals surface area contributed by atoms with Crippen LogP contribution in [-0.4, -0.2) is 0 Å². The van der Waals surface area contributed by atoms with Crippen LogP contribution < -0.4 is 0 Å². The molecule has 0 nitrogen and oxygen atoms in total. The third kappa shape index (κ3) is 2.04. The molecular weight excluding hydrogens is 156 g/mol. The fourth-order valence-electron chi connectivity index (χ4n) is 2.59. The van der Waals surface area contributed by atoms with Crippen molar-refractivity contribution in [3.63, 3.8) is 0 Å². The van der Waals surface area contributed by atoms with E-state index in [0.717, 1.165) is 5.92 Å². The van der Waals surface area contributed by atoms with Gasteiger partial charge in [0.2, 0.25) is 0 Å². The smallest absolute Gasteiger partial charge is 0.0191 e. The summed E-state index contributed by atoms with van der Waals surface area (Å²) in [7, 11) is 0. The fraction of sp³-hybridized carbons (Fsp3) is 0.692. The molecule has 0 N–H and O–H groups in total. The van der Waals surface area contributed by atoms with Crippen LogP contribution in [0.2, 0.25) is 0 Å². The van der Waals surface area contributed by atoms with Gasteiger partial charge in [-0.1, -0.05) is 19.1 Å². The molecule has 1 atom stereocenters. The van der Waals surface area contributed by atoms with Crippen molar-refractivity contribution in [2.75, 3.05) is 0 Å². The summed E-state index contributed by atoms with van der Waals surface area (Å²) in [5, 5.41) is 0. The molecular formula is C13H20. The van der Waals surface area contributed by atoms with Crippen molar-refractivity contribution in [1.82, 2.24) is 0 Å². The monoisotopic (exact) mass is 176 g/mol. The highest BCUT2D eigenvalue weighted by Gasteiger charge is 2.17. The topological polar surface area (TPSA) is 0 Å². The van der Waals surface area contributed by atoms with E-state index in [-0.39, 0.29) is 0 Å². The molecule has 0 aromatic rings. The molecule has 2 aliphatic rings. The normalized spacial score (nSPS) is 29.5. The third-order valence-electron chi connectivity index (χ3n) is 3.40. The Hall–Kier alpha value is -0.520. The van der Waals surface area contributed by atoms with Gasteiger partial charge in [-0.25, -0.2) is 0 Å². The molecule has 0 saturated heterocycles. The van der Waals surface area contributed by atoms with Crippen LogP contribution in [0.25, 0.3) is 0 Å². The molecule has 0 aromatic heterocycles. The van der Waals surface area contributed by atoms with Crippen LogP contribution in [0.3, 0.4) is 0 Å². The van der Waals surface area contributed by atoms with Crippen LogP contribution in [0, 0.1) is 5.92 Å². The predicted molar refractivity (Wildman–Crippen MR) is 57.6 cm³/mol. The van der Waals surface area contributed by atoms with Crippen molar-refractivity contribution in [2.24, 2.45) is 5.92 Å². The average Bonchev–Trinajstić information content (AvgIpc) is 2.20. The summed E-state index contributed by atoms with van der Waals surface area (Å²) in [5.74, 6) is 0.832. The molecule has 0 fully saturated rings. The standard InChI is InChI=1S/C13H20/c1-11-7-5-6-10-13(11)12-8-3-2-4-9-12/h8,10-11H,2-7,9H2,1H3. The Kier molecular flexibility index (Phi) is 2.87. The number of hydrogen-bond acceptors (Lipinski definition) is 0. The van der Waals surface area contributed by atoms with E-state index in [9.17, 15) is 0 Å². The maximum atomic E-state index is 2.49. The van der Waals surface area contributed by atoms with Crippen LogP contribution in [0.15, 0.2) is 23.3 Å². The Balaban J connectivity index is 2.13. The molecule has 0 radical (unpaired) electrons. The first-order valence-electron chi connectivity index (χ1n) is 5.77. The van der Waals surface area contributed by atoms with Crippen molar-refractivity contribution in [1.29, 1.82) is 0 Å². The molecule has 0 amide bonds. The van der Waals surface area contributed by atoms with Gasteiger partial charge in [-0.05, 0) is 62.0 Å². The van der Waals surface area contributed by atoms with Crippen LogP contribution in [0.5, 0.6) is 0 Å².